The number of carbonyl (C=O) groups is 1. The van der Waals surface area contributed by atoms with Crippen LogP contribution in [0.15, 0.2) is 34.7 Å². The van der Waals surface area contributed by atoms with Crippen LogP contribution in [0.1, 0.15) is 12.7 Å². The zero-order valence-electron chi connectivity index (χ0n) is 10.0. The van der Waals surface area contributed by atoms with E-state index in [1.165, 1.54) is 0 Å². The lowest BCUT2D eigenvalue weighted by Crippen LogP contribution is -2.39. The molecule has 0 saturated carbocycles. The minimum absolute atomic E-state index is 0.0922. The van der Waals surface area contributed by atoms with E-state index in [4.69, 9.17) is 10.2 Å². The predicted molar refractivity (Wildman–Crippen MR) is 66.3 cm³/mol. The first-order valence-electron chi connectivity index (χ1n) is 5.56. The molecular weight excluding hydrogens is 216 g/mol. The summed E-state index contributed by atoms with van der Waals surface area (Å²) in [6, 6.07) is 9.23. The molecule has 2 N–H and O–H groups in total. The van der Waals surface area contributed by atoms with Gasteiger partial charge in [-0.1, -0.05) is 18.2 Å². The number of rotatable bonds is 3. The molecule has 1 atom stereocenters. The minimum Gasteiger partial charge on any atom is -0.459 e. The van der Waals surface area contributed by atoms with Gasteiger partial charge in [0.25, 0.3) is 0 Å². The molecule has 4 heteroatoms. The van der Waals surface area contributed by atoms with E-state index in [9.17, 15) is 4.79 Å². The second-order valence-corrected chi connectivity index (χ2v) is 4.23. The molecule has 90 valence electrons. The Labute approximate surface area is 100.0 Å². The summed E-state index contributed by atoms with van der Waals surface area (Å²) in [6.45, 7) is 2.12. The number of nitrogens with zero attached hydrogens (tertiary/aromatic N) is 1. The van der Waals surface area contributed by atoms with Crippen LogP contribution in [0.25, 0.3) is 11.0 Å². The Morgan fingerprint density at radius 2 is 2.18 bits per heavy atom. The minimum atomic E-state index is -0.482. The summed E-state index contributed by atoms with van der Waals surface area (Å²) >= 11 is 0. The molecule has 0 fully saturated rings. The predicted octanol–water partition coefficient (Wildman–Crippen LogP) is 1.74. The van der Waals surface area contributed by atoms with Crippen LogP contribution in [0.2, 0.25) is 0 Å². The van der Waals surface area contributed by atoms with Gasteiger partial charge in [0.1, 0.15) is 11.3 Å². The highest BCUT2D eigenvalue weighted by molar-refractivity contribution is 5.81. The van der Waals surface area contributed by atoms with E-state index in [2.05, 4.69) is 0 Å². The highest BCUT2D eigenvalue weighted by Gasteiger charge is 2.15. The van der Waals surface area contributed by atoms with Crippen LogP contribution in [0.4, 0.5) is 0 Å². The molecule has 0 aliphatic carbocycles. The molecule has 0 aliphatic rings. The molecule has 0 bridgehead atoms. The number of fused-ring (bicyclic) bond motifs is 1. The molecule has 17 heavy (non-hydrogen) atoms. The van der Waals surface area contributed by atoms with Crippen molar-refractivity contribution >= 4 is 16.9 Å². The van der Waals surface area contributed by atoms with Crippen molar-refractivity contribution in [1.82, 2.24) is 4.90 Å². The van der Waals surface area contributed by atoms with E-state index < -0.39 is 6.04 Å². The summed E-state index contributed by atoms with van der Waals surface area (Å²) in [6.07, 6.45) is 0. The lowest BCUT2D eigenvalue weighted by molar-refractivity contribution is -0.131. The van der Waals surface area contributed by atoms with Gasteiger partial charge in [-0.3, -0.25) is 4.79 Å². The van der Waals surface area contributed by atoms with Crippen LogP contribution in [0.5, 0.6) is 0 Å². The van der Waals surface area contributed by atoms with Crippen molar-refractivity contribution in [2.75, 3.05) is 7.05 Å². The molecule has 1 aromatic heterocycles. The van der Waals surface area contributed by atoms with E-state index in [0.29, 0.717) is 6.54 Å². The number of carbonyl (C=O) groups excluding carboxylic acids is 1. The summed E-state index contributed by atoms with van der Waals surface area (Å²) in [4.78, 5) is 13.2. The van der Waals surface area contributed by atoms with Crippen LogP contribution >= 0.6 is 0 Å². The molecule has 1 aromatic carbocycles. The average Bonchev–Trinajstić information content (AvgIpc) is 2.69. The zero-order chi connectivity index (χ0) is 12.4. The summed E-state index contributed by atoms with van der Waals surface area (Å²) < 4.78 is 5.63. The Kier molecular flexibility index (Phi) is 3.15. The summed E-state index contributed by atoms with van der Waals surface area (Å²) in [5, 5.41) is 1.05. The number of likely N-dealkylation sites (N-methyl/N-ethyl adjacent to an activating group) is 1. The third-order valence-electron chi connectivity index (χ3n) is 2.64. The number of hydrogen-bond acceptors (Lipinski definition) is 3. The lowest BCUT2D eigenvalue weighted by Gasteiger charge is -2.17. The van der Waals surface area contributed by atoms with Crippen molar-refractivity contribution in [2.24, 2.45) is 5.73 Å². The highest BCUT2D eigenvalue weighted by atomic mass is 16.3. The fourth-order valence-electron chi connectivity index (χ4n) is 1.77. The van der Waals surface area contributed by atoms with Gasteiger partial charge in [0.05, 0.1) is 12.6 Å². The average molecular weight is 232 g/mol. The van der Waals surface area contributed by atoms with Crippen LogP contribution in [0.3, 0.4) is 0 Å². The second-order valence-electron chi connectivity index (χ2n) is 4.23. The van der Waals surface area contributed by atoms with Crippen molar-refractivity contribution in [2.45, 2.75) is 19.5 Å². The van der Waals surface area contributed by atoms with Gasteiger partial charge >= 0.3 is 0 Å². The van der Waals surface area contributed by atoms with Crippen molar-refractivity contribution in [3.8, 4) is 0 Å². The Morgan fingerprint density at radius 3 is 2.82 bits per heavy atom. The first kappa shape index (κ1) is 11.7. The molecule has 0 spiro atoms. The fourth-order valence-corrected chi connectivity index (χ4v) is 1.77. The third kappa shape index (κ3) is 2.47. The Morgan fingerprint density at radius 1 is 1.47 bits per heavy atom. The Hall–Kier alpha value is -1.81. The van der Waals surface area contributed by atoms with Crippen LogP contribution < -0.4 is 5.73 Å². The number of benzene rings is 1. The zero-order valence-corrected chi connectivity index (χ0v) is 10.0. The highest BCUT2D eigenvalue weighted by Crippen LogP contribution is 2.19. The maximum atomic E-state index is 11.6. The first-order valence-corrected chi connectivity index (χ1v) is 5.56. The van der Waals surface area contributed by atoms with Crippen LogP contribution in [0, 0.1) is 0 Å². The van der Waals surface area contributed by atoms with Crippen molar-refractivity contribution < 1.29 is 9.21 Å². The second kappa shape index (κ2) is 4.59. The lowest BCUT2D eigenvalue weighted by atomic mass is 10.2. The van der Waals surface area contributed by atoms with Gasteiger partial charge in [0.15, 0.2) is 0 Å². The quantitative estimate of drug-likeness (QED) is 0.876. The van der Waals surface area contributed by atoms with Crippen LogP contribution in [-0.4, -0.2) is 23.9 Å². The number of para-hydroxylation sites is 1. The first-order chi connectivity index (χ1) is 8.08. The van der Waals surface area contributed by atoms with Gasteiger partial charge in [-0.25, -0.2) is 0 Å². The SMILES string of the molecule is C[C@@H](N)C(=O)N(C)Cc1cc2ccccc2o1. The van der Waals surface area contributed by atoms with E-state index in [-0.39, 0.29) is 5.91 Å². The van der Waals surface area contributed by atoms with Crippen molar-refractivity contribution in [3.05, 3.63) is 36.1 Å². The van der Waals surface area contributed by atoms with Gasteiger partial charge in [-0.15, -0.1) is 0 Å². The van der Waals surface area contributed by atoms with Crippen LogP contribution in [-0.2, 0) is 11.3 Å². The molecule has 0 saturated heterocycles. The Bertz CT molecular complexity index is 498. The molecule has 0 unspecified atom stereocenters. The molecule has 4 nitrogen and oxygen atoms in total. The van der Waals surface area contributed by atoms with E-state index in [0.717, 1.165) is 16.7 Å². The van der Waals surface area contributed by atoms with E-state index >= 15 is 0 Å². The molecule has 1 heterocycles. The number of amides is 1. The molecule has 2 rings (SSSR count). The largest absolute Gasteiger partial charge is 0.459 e. The topological polar surface area (TPSA) is 59.5 Å². The molecule has 2 aromatic rings. The number of furan rings is 1. The van der Waals surface area contributed by atoms with Gasteiger partial charge in [-0.05, 0) is 19.1 Å². The van der Waals surface area contributed by atoms with Gasteiger partial charge in [-0.2, -0.15) is 0 Å². The van der Waals surface area contributed by atoms with Gasteiger partial charge in [0, 0.05) is 12.4 Å². The van der Waals surface area contributed by atoms with Gasteiger partial charge in [0.2, 0.25) is 5.91 Å². The third-order valence-corrected chi connectivity index (χ3v) is 2.64. The maximum Gasteiger partial charge on any atom is 0.239 e. The van der Waals surface area contributed by atoms with Gasteiger partial charge < -0.3 is 15.1 Å². The molecular formula is C13H16N2O2. The molecule has 0 aliphatic heterocycles. The summed E-state index contributed by atoms with van der Waals surface area (Å²) in [7, 11) is 1.72. The summed E-state index contributed by atoms with van der Waals surface area (Å²) in [5.74, 6) is 0.674. The summed E-state index contributed by atoms with van der Waals surface area (Å²) in [5.41, 5.74) is 6.38. The molecule has 0 radical (unpaired) electrons. The Balaban J connectivity index is 2.16. The fraction of sp³-hybridized carbons (Fsp3) is 0.308. The van der Waals surface area contributed by atoms with Crippen molar-refractivity contribution in [1.29, 1.82) is 0 Å². The number of hydrogen-bond donors (Lipinski definition) is 1. The van der Waals surface area contributed by atoms with Crippen molar-refractivity contribution in [3.63, 3.8) is 0 Å². The maximum absolute atomic E-state index is 11.6. The standard InChI is InChI=1S/C13H16N2O2/c1-9(14)13(16)15(2)8-11-7-10-5-3-4-6-12(10)17-11/h3-7,9H,8,14H2,1-2H3/t9-/m1/s1. The van der Waals surface area contributed by atoms with E-state index in [1.54, 1.807) is 18.9 Å². The smallest absolute Gasteiger partial charge is 0.239 e. The monoisotopic (exact) mass is 232 g/mol. The number of nitrogens with two attached hydrogens (primary N) is 1. The molecule has 1 amide bonds. The normalized spacial score (nSPS) is 12.6. The van der Waals surface area contributed by atoms with E-state index in [1.807, 2.05) is 30.3 Å².